The van der Waals surface area contributed by atoms with Gasteiger partial charge in [-0.2, -0.15) is 0 Å². The molecule has 2 nitrogen and oxygen atoms in total. The first-order valence-corrected chi connectivity index (χ1v) is 6.33. The average Bonchev–Trinajstić information content (AvgIpc) is 2.15. The monoisotopic (exact) mass is 211 g/mol. The fourth-order valence-corrected chi connectivity index (χ4v) is 2.91. The van der Waals surface area contributed by atoms with E-state index in [0.717, 1.165) is 25.0 Å². The van der Waals surface area contributed by atoms with Crippen molar-refractivity contribution in [2.24, 2.45) is 11.8 Å². The second kappa shape index (κ2) is 4.06. The smallest absolute Gasteiger partial charge is 0.0730 e. The molecule has 0 radical (unpaired) electrons. The van der Waals surface area contributed by atoms with E-state index in [-0.39, 0.29) is 0 Å². The first-order chi connectivity index (χ1) is 6.97. The van der Waals surface area contributed by atoms with Gasteiger partial charge in [0.15, 0.2) is 0 Å². The van der Waals surface area contributed by atoms with Crippen LogP contribution in [0.4, 0.5) is 0 Å². The van der Waals surface area contributed by atoms with Crippen molar-refractivity contribution in [1.82, 2.24) is 4.90 Å². The Morgan fingerprint density at radius 2 is 2.00 bits per heavy atom. The molecule has 0 N–H and O–H groups in total. The van der Waals surface area contributed by atoms with E-state index >= 15 is 0 Å². The van der Waals surface area contributed by atoms with Crippen molar-refractivity contribution in [1.29, 1.82) is 0 Å². The minimum atomic E-state index is 0.303. The van der Waals surface area contributed by atoms with Gasteiger partial charge in [0.05, 0.1) is 6.10 Å². The quantitative estimate of drug-likeness (QED) is 0.610. The van der Waals surface area contributed by atoms with Crippen molar-refractivity contribution in [2.45, 2.75) is 52.2 Å². The van der Waals surface area contributed by atoms with Crippen LogP contribution in [0.5, 0.6) is 0 Å². The predicted octanol–water partition coefficient (Wildman–Crippen LogP) is 2.53. The highest BCUT2D eigenvalue weighted by Gasteiger charge is 2.37. The molecule has 0 bridgehead atoms. The van der Waals surface area contributed by atoms with Gasteiger partial charge in [0.1, 0.15) is 0 Å². The van der Waals surface area contributed by atoms with Crippen LogP contribution >= 0.6 is 0 Å². The molecule has 2 fully saturated rings. The molecule has 0 aliphatic carbocycles. The van der Waals surface area contributed by atoms with Crippen LogP contribution in [0.15, 0.2) is 0 Å². The zero-order valence-corrected chi connectivity index (χ0v) is 10.6. The molecule has 0 aromatic rings. The zero-order valence-electron chi connectivity index (χ0n) is 10.6. The normalized spacial score (nSPS) is 38.8. The number of ether oxygens (including phenoxy) is 1. The first kappa shape index (κ1) is 11.4. The summed E-state index contributed by atoms with van der Waals surface area (Å²) in [5.41, 5.74) is 0.303. The van der Waals surface area contributed by atoms with Crippen molar-refractivity contribution in [3.8, 4) is 0 Å². The molecule has 3 unspecified atom stereocenters. The fraction of sp³-hybridized carbons (Fsp3) is 1.00. The third-order valence-electron chi connectivity index (χ3n) is 3.94. The Morgan fingerprint density at radius 3 is 2.67 bits per heavy atom. The fourth-order valence-electron chi connectivity index (χ4n) is 2.91. The topological polar surface area (TPSA) is 12.5 Å². The van der Waals surface area contributed by atoms with Crippen molar-refractivity contribution >= 4 is 0 Å². The summed E-state index contributed by atoms with van der Waals surface area (Å²) in [6.07, 6.45) is 3.21. The second-order valence-electron chi connectivity index (χ2n) is 6.38. The molecule has 0 amide bonds. The first-order valence-electron chi connectivity index (χ1n) is 6.33. The van der Waals surface area contributed by atoms with Gasteiger partial charge in [-0.05, 0) is 52.0 Å². The molecule has 0 saturated carbocycles. The summed E-state index contributed by atoms with van der Waals surface area (Å²) in [4.78, 5) is 2.57. The van der Waals surface area contributed by atoms with E-state index < -0.39 is 0 Å². The highest BCUT2D eigenvalue weighted by molar-refractivity contribution is 4.89. The molecule has 2 rings (SSSR count). The van der Waals surface area contributed by atoms with Crippen molar-refractivity contribution in [3.05, 3.63) is 0 Å². The maximum atomic E-state index is 5.98. The maximum Gasteiger partial charge on any atom is 0.0730 e. The Labute approximate surface area is 94.0 Å². The Kier molecular flexibility index (Phi) is 3.09. The molecule has 0 spiro atoms. The summed E-state index contributed by atoms with van der Waals surface area (Å²) < 4.78 is 5.98. The lowest BCUT2D eigenvalue weighted by Gasteiger charge is -2.47. The van der Waals surface area contributed by atoms with Crippen molar-refractivity contribution in [2.75, 3.05) is 19.7 Å². The number of fused-ring (bicyclic) bond motifs is 1. The van der Waals surface area contributed by atoms with Gasteiger partial charge in [-0.25, -0.2) is 0 Å². The zero-order chi connectivity index (χ0) is 11.1. The second-order valence-corrected chi connectivity index (χ2v) is 6.38. The Morgan fingerprint density at radius 1 is 1.27 bits per heavy atom. The van der Waals surface area contributed by atoms with Crippen LogP contribution in [-0.4, -0.2) is 36.2 Å². The minimum Gasteiger partial charge on any atom is -0.376 e. The van der Waals surface area contributed by atoms with Gasteiger partial charge in [-0.3, -0.25) is 4.90 Å². The highest BCUT2D eigenvalue weighted by atomic mass is 16.5. The average molecular weight is 211 g/mol. The molecule has 88 valence electrons. The van der Waals surface area contributed by atoms with Crippen LogP contribution in [-0.2, 0) is 4.74 Å². The number of hydrogen-bond donors (Lipinski definition) is 0. The molecular weight excluding hydrogens is 186 g/mol. The molecule has 0 aromatic heterocycles. The van der Waals surface area contributed by atoms with E-state index in [0.29, 0.717) is 11.6 Å². The standard InChI is InChI=1S/C13H25NO/c1-10-7-11-5-6-14(13(2,3)4)8-12(11)15-9-10/h10-12H,5-9H2,1-4H3. The summed E-state index contributed by atoms with van der Waals surface area (Å²) in [5.74, 6) is 1.60. The summed E-state index contributed by atoms with van der Waals surface area (Å²) in [5, 5.41) is 0. The molecule has 15 heavy (non-hydrogen) atoms. The van der Waals surface area contributed by atoms with Crippen LogP contribution in [0.2, 0.25) is 0 Å². The summed E-state index contributed by atoms with van der Waals surface area (Å²) in [6, 6.07) is 0. The van der Waals surface area contributed by atoms with Gasteiger partial charge < -0.3 is 4.74 Å². The van der Waals surface area contributed by atoms with Crippen LogP contribution in [0.25, 0.3) is 0 Å². The predicted molar refractivity (Wildman–Crippen MR) is 63.0 cm³/mol. The van der Waals surface area contributed by atoms with Crippen LogP contribution in [0.1, 0.15) is 40.5 Å². The Hall–Kier alpha value is -0.0800. The van der Waals surface area contributed by atoms with Crippen LogP contribution < -0.4 is 0 Å². The van der Waals surface area contributed by atoms with E-state index in [1.165, 1.54) is 19.4 Å². The van der Waals surface area contributed by atoms with E-state index in [2.05, 4.69) is 32.6 Å². The molecule has 2 aliphatic rings. The van der Waals surface area contributed by atoms with Gasteiger partial charge in [0.25, 0.3) is 0 Å². The van der Waals surface area contributed by atoms with Gasteiger partial charge in [-0.15, -0.1) is 0 Å². The molecule has 0 aromatic carbocycles. The molecule has 2 heteroatoms. The number of piperidine rings is 1. The van der Waals surface area contributed by atoms with Crippen LogP contribution in [0.3, 0.4) is 0 Å². The lowest BCUT2D eigenvalue weighted by molar-refractivity contribution is -0.103. The number of nitrogens with zero attached hydrogens (tertiary/aromatic N) is 1. The maximum absolute atomic E-state index is 5.98. The summed E-state index contributed by atoms with van der Waals surface area (Å²) >= 11 is 0. The Balaban J connectivity index is 1.95. The molecule has 2 aliphatic heterocycles. The molecular formula is C13H25NO. The molecule has 2 saturated heterocycles. The minimum absolute atomic E-state index is 0.303. The van der Waals surface area contributed by atoms with E-state index in [4.69, 9.17) is 4.74 Å². The van der Waals surface area contributed by atoms with E-state index in [9.17, 15) is 0 Å². The van der Waals surface area contributed by atoms with Crippen molar-refractivity contribution < 1.29 is 4.74 Å². The number of likely N-dealkylation sites (tertiary alicyclic amines) is 1. The van der Waals surface area contributed by atoms with Crippen molar-refractivity contribution in [3.63, 3.8) is 0 Å². The summed E-state index contributed by atoms with van der Waals surface area (Å²) in [7, 11) is 0. The number of hydrogen-bond acceptors (Lipinski definition) is 2. The Bertz CT molecular complexity index is 221. The molecule has 2 heterocycles. The van der Waals surface area contributed by atoms with Crippen LogP contribution in [0, 0.1) is 11.8 Å². The highest BCUT2D eigenvalue weighted by Crippen LogP contribution is 2.33. The SMILES string of the molecule is CC1COC2CN(C(C)(C)C)CCC2C1. The van der Waals surface area contributed by atoms with E-state index in [1.54, 1.807) is 0 Å². The van der Waals surface area contributed by atoms with Gasteiger partial charge in [0, 0.05) is 18.7 Å². The molecule has 3 atom stereocenters. The third-order valence-corrected chi connectivity index (χ3v) is 3.94. The van der Waals surface area contributed by atoms with Gasteiger partial charge in [0.2, 0.25) is 0 Å². The number of rotatable bonds is 0. The van der Waals surface area contributed by atoms with Gasteiger partial charge >= 0.3 is 0 Å². The summed E-state index contributed by atoms with van der Waals surface area (Å²) in [6.45, 7) is 12.6. The lowest BCUT2D eigenvalue weighted by atomic mass is 9.82. The van der Waals surface area contributed by atoms with E-state index in [1.807, 2.05) is 0 Å². The third kappa shape index (κ3) is 2.54. The largest absolute Gasteiger partial charge is 0.376 e. The lowest BCUT2D eigenvalue weighted by Crippen LogP contribution is -2.54. The van der Waals surface area contributed by atoms with Gasteiger partial charge in [-0.1, -0.05) is 6.92 Å².